The van der Waals surface area contributed by atoms with Crippen LogP contribution in [0.3, 0.4) is 0 Å². The van der Waals surface area contributed by atoms with Gasteiger partial charge in [0.25, 0.3) is 0 Å². The first-order valence-electron chi connectivity index (χ1n) is 9.49. The molecular formula is C22H24N4O2S. The van der Waals surface area contributed by atoms with Crippen molar-refractivity contribution in [1.29, 1.82) is 0 Å². The summed E-state index contributed by atoms with van der Waals surface area (Å²) in [6, 6.07) is 15.4. The fourth-order valence-electron chi connectivity index (χ4n) is 2.57. The van der Waals surface area contributed by atoms with Crippen molar-refractivity contribution in [2.75, 3.05) is 17.3 Å². The zero-order valence-electron chi connectivity index (χ0n) is 16.5. The highest BCUT2D eigenvalue weighted by Gasteiger charge is 2.04. The molecule has 150 valence electrons. The normalized spacial score (nSPS) is 10.8. The standard InChI is InChI=1S/C22H24N4O2S/c1-3-4-12-28-20-7-5-6-17(13-20)14-23-26-22-25-21(15-29-22)18-8-10-19(11-9-18)24-16(2)27/h5-11,13-15H,3-4,12H2,1-2H3,(H,24,27)(H,25,26)/b23-14-. The van der Waals surface area contributed by atoms with Gasteiger partial charge in [-0.05, 0) is 36.2 Å². The molecule has 0 spiro atoms. The Bertz CT molecular complexity index is 967. The lowest BCUT2D eigenvalue weighted by Crippen LogP contribution is -2.05. The fraction of sp³-hybridized carbons (Fsp3) is 0.227. The summed E-state index contributed by atoms with van der Waals surface area (Å²) < 4.78 is 5.72. The van der Waals surface area contributed by atoms with E-state index in [0.29, 0.717) is 5.13 Å². The summed E-state index contributed by atoms with van der Waals surface area (Å²) >= 11 is 1.48. The largest absolute Gasteiger partial charge is 0.494 e. The number of hydrogen-bond acceptors (Lipinski definition) is 6. The highest BCUT2D eigenvalue weighted by atomic mass is 32.1. The molecule has 0 fully saturated rings. The summed E-state index contributed by atoms with van der Waals surface area (Å²) in [5.41, 5.74) is 6.52. The summed E-state index contributed by atoms with van der Waals surface area (Å²) in [6.07, 6.45) is 3.90. The average molecular weight is 409 g/mol. The van der Waals surface area contributed by atoms with E-state index in [1.54, 1.807) is 6.21 Å². The first-order valence-corrected chi connectivity index (χ1v) is 10.4. The molecule has 1 aromatic heterocycles. The Morgan fingerprint density at radius 3 is 2.83 bits per heavy atom. The number of carbonyl (C=O) groups excluding carboxylic acids is 1. The predicted octanol–water partition coefficient (Wildman–Crippen LogP) is 5.39. The molecule has 1 amide bonds. The van der Waals surface area contributed by atoms with E-state index in [0.717, 1.165) is 47.7 Å². The van der Waals surface area contributed by atoms with Crippen LogP contribution in [0.2, 0.25) is 0 Å². The second kappa shape index (κ2) is 10.4. The molecule has 0 radical (unpaired) electrons. The van der Waals surface area contributed by atoms with Gasteiger partial charge in [0.15, 0.2) is 0 Å². The highest BCUT2D eigenvalue weighted by molar-refractivity contribution is 7.14. The fourth-order valence-corrected chi connectivity index (χ4v) is 3.23. The van der Waals surface area contributed by atoms with Gasteiger partial charge in [0.05, 0.1) is 18.5 Å². The summed E-state index contributed by atoms with van der Waals surface area (Å²) in [5, 5.41) is 9.70. The number of thiazole rings is 1. The van der Waals surface area contributed by atoms with Gasteiger partial charge in [-0.2, -0.15) is 5.10 Å². The number of amides is 1. The quantitative estimate of drug-likeness (QED) is 0.283. The molecule has 2 aromatic carbocycles. The van der Waals surface area contributed by atoms with Crippen molar-refractivity contribution in [3.8, 4) is 17.0 Å². The molecule has 2 N–H and O–H groups in total. The van der Waals surface area contributed by atoms with Gasteiger partial charge in [-0.3, -0.25) is 10.2 Å². The minimum Gasteiger partial charge on any atom is -0.494 e. The highest BCUT2D eigenvalue weighted by Crippen LogP contribution is 2.26. The average Bonchev–Trinajstić information content (AvgIpc) is 3.18. The minimum absolute atomic E-state index is 0.0891. The maximum atomic E-state index is 11.1. The van der Waals surface area contributed by atoms with Gasteiger partial charge in [0, 0.05) is 23.6 Å². The summed E-state index contributed by atoms with van der Waals surface area (Å²) in [4.78, 5) is 15.7. The monoisotopic (exact) mass is 408 g/mol. The van der Waals surface area contributed by atoms with Gasteiger partial charge >= 0.3 is 0 Å². The molecule has 6 nitrogen and oxygen atoms in total. The Kier molecular flexibility index (Phi) is 7.35. The Balaban J connectivity index is 1.57. The molecule has 0 bridgehead atoms. The zero-order valence-corrected chi connectivity index (χ0v) is 17.3. The number of hydrazone groups is 1. The smallest absolute Gasteiger partial charge is 0.221 e. The van der Waals surface area contributed by atoms with Crippen molar-refractivity contribution in [3.05, 3.63) is 59.5 Å². The number of nitrogens with zero attached hydrogens (tertiary/aromatic N) is 2. The van der Waals surface area contributed by atoms with E-state index in [9.17, 15) is 4.79 Å². The summed E-state index contributed by atoms with van der Waals surface area (Å²) in [6.45, 7) is 4.36. The van der Waals surface area contributed by atoms with Crippen LogP contribution in [0.4, 0.5) is 10.8 Å². The predicted molar refractivity (Wildman–Crippen MR) is 120 cm³/mol. The SMILES string of the molecule is CCCCOc1cccc(/C=N\Nc2nc(-c3ccc(NC(C)=O)cc3)cs2)c1. The molecule has 0 aliphatic heterocycles. The third-order valence-corrected chi connectivity index (χ3v) is 4.75. The van der Waals surface area contributed by atoms with E-state index >= 15 is 0 Å². The number of rotatable bonds is 9. The first-order chi connectivity index (χ1) is 14.1. The molecule has 1 heterocycles. The Hall–Kier alpha value is -3.19. The molecule has 3 rings (SSSR count). The van der Waals surface area contributed by atoms with E-state index < -0.39 is 0 Å². The topological polar surface area (TPSA) is 75.6 Å². The minimum atomic E-state index is -0.0891. The Morgan fingerprint density at radius 2 is 2.07 bits per heavy atom. The number of hydrogen-bond donors (Lipinski definition) is 2. The van der Waals surface area contributed by atoms with Crippen LogP contribution < -0.4 is 15.5 Å². The first kappa shape index (κ1) is 20.5. The summed E-state index contributed by atoms with van der Waals surface area (Å²) in [7, 11) is 0. The van der Waals surface area contributed by atoms with Crippen molar-refractivity contribution in [1.82, 2.24) is 4.98 Å². The van der Waals surface area contributed by atoms with E-state index in [4.69, 9.17) is 4.74 Å². The van der Waals surface area contributed by atoms with Gasteiger partial charge in [0.1, 0.15) is 5.75 Å². The third-order valence-electron chi connectivity index (χ3n) is 4.00. The summed E-state index contributed by atoms with van der Waals surface area (Å²) in [5.74, 6) is 0.760. The van der Waals surface area contributed by atoms with E-state index in [2.05, 4.69) is 27.8 Å². The molecule has 0 saturated carbocycles. The van der Waals surface area contributed by atoms with E-state index in [-0.39, 0.29) is 5.91 Å². The second-order valence-electron chi connectivity index (χ2n) is 6.44. The van der Waals surface area contributed by atoms with Crippen LogP contribution in [0.15, 0.2) is 59.0 Å². The van der Waals surface area contributed by atoms with Gasteiger partial charge < -0.3 is 10.1 Å². The van der Waals surface area contributed by atoms with Gasteiger partial charge in [-0.15, -0.1) is 11.3 Å². The Labute approximate surface area is 174 Å². The van der Waals surface area contributed by atoms with Crippen molar-refractivity contribution in [2.24, 2.45) is 5.10 Å². The van der Waals surface area contributed by atoms with Gasteiger partial charge in [-0.25, -0.2) is 4.98 Å². The third kappa shape index (κ3) is 6.43. The molecule has 29 heavy (non-hydrogen) atoms. The van der Waals surface area contributed by atoms with Crippen LogP contribution >= 0.6 is 11.3 Å². The molecule has 3 aromatic rings. The molecular weight excluding hydrogens is 384 g/mol. The number of benzene rings is 2. The van der Waals surface area contributed by atoms with Crippen molar-refractivity contribution in [2.45, 2.75) is 26.7 Å². The van der Waals surface area contributed by atoms with Crippen LogP contribution in [-0.2, 0) is 4.79 Å². The molecule has 0 atom stereocenters. The molecule has 0 unspecified atom stereocenters. The van der Waals surface area contributed by atoms with Crippen molar-refractivity contribution < 1.29 is 9.53 Å². The van der Waals surface area contributed by atoms with Gasteiger partial charge in [-0.1, -0.05) is 37.6 Å². The van der Waals surface area contributed by atoms with Crippen molar-refractivity contribution in [3.63, 3.8) is 0 Å². The number of anilines is 2. The van der Waals surface area contributed by atoms with Crippen LogP contribution in [0.25, 0.3) is 11.3 Å². The molecule has 0 saturated heterocycles. The number of nitrogens with one attached hydrogen (secondary N) is 2. The number of ether oxygens (including phenoxy) is 1. The molecule has 7 heteroatoms. The number of unbranched alkanes of at least 4 members (excludes halogenated alkanes) is 1. The Morgan fingerprint density at radius 1 is 1.24 bits per heavy atom. The van der Waals surface area contributed by atoms with Crippen LogP contribution in [0, 0.1) is 0 Å². The second-order valence-corrected chi connectivity index (χ2v) is 7.30. The number of carbonyl (C=O) groups is 1. The number of aromatic nitrogens is 1. The molecule has 0 aliphatic rings. The van der Waals surface area contributed by atoms with E-state index in [1.165, 1.54) is 18.3 Å². The molecule has 0 aliphatic carbocycles. The maximum Gasteiger partial charge on any atom is 0.221 e. The lowest BCUT2D eigenvalue weighted by atomic mass is 10.1. The maximum absolute atomic E-state index is 11.1. The van der Waals surface area contributed by atoms with E-state index in [1.807, 2.05) is 53.9 Å². The van der Waals surface area contributed by atoms with Crippen LogP contribution in [0.1, 0.15) is 32.3 Å². The zero-order chi connectivity index (χ0) is 20.5. The van der Waals surface area contributed by atoms with Crippen molar-refractivity contribution >= 4 is 34.3 Å². The lowest BCUT2D eigenvalue weighted by molar-refractivity contribution is -0.114. The van der Waals surface area contributed by atoms with Crippen LogP contribution in [-0.4, -0.2) is 23.7 Å². The van der Waals surface area contributed by atoms with Gasteiger partial charge in [0.2, 0.25) is 11.0 Å². The van der Waals surface area contributed by atoms with Crippen LogP contribution in [0.5, 0.6) is 5.75 Å². The lowest BCUT2D eigenvalue weighted by Gasteiger charge is -2.05.